The quantitative estimate of drug-likeness (QED) is 0.325. The molecule has 0 spiro atoms. The molecule has 0 bridgehead atoms. The first-order valence-electron chi connectivity index (χ1n) is 11.2. The van der Waals surface area contributed by atoms with Gasteiger partial charge in [0.25, 0.3) is 0 Å². The van der Waals surface area contributed by atoms with Gasteiger partial charge in [0.2, 0.25) is 0 Å². The Morgan fingerprint density at radius 2 is 1.94 bits per heavy atom. The van der Waals surface area contributed by atoms with E-state index in [-0.39, 0.29) is 11.6 Å². The Kier molecular flexibility index (Phi) is 8.60. The SMILES string of the molecule is CCCCCOC(C)CCC/C=C/c1ccc(-c2ccc3cc(O)ccc3n2)c(F)c1. The van der Waals surface area contributed by atoms with Crippen LogP contribution in [0.25, 0.3) is 28.2 Å². The van der Waals surface area contributed by atoms with E-state index in [4.69, 9.17) is 4.74 Å². The number of halogens is 1. The number of phenolic OH excluding ortho intramolecular Hbond substituents is 1. The maximum atomic E-state index is 14.7. The Morgan fingerprint density at radius 3 is 2.74 bits per heavy atom. The van der Waals surface area contributed by atoms with E-state index in [0.717, 1.165) is 48.8 Å². The lowest BCUT2D eigenvalue weighted by Crippen LogP contribution is -2.08. The van der Waals surface area contributed by atoms with Crippen molar-refractivity contribution in [2.45, 2.75) is 58.5 Å². The fourth-order valence-electron chi connectivity index (χ4n) is 3.57. The molecule has 3 aromatic rings. The first-order chi connectivity index (χ1) is 15.1. The second-order valence-electron chi connectivity index (χ2n) is 8.03. The summed E-state index contributed by atoms with van der Waals surface area (Å²) >= 11 is 0. The van der Waals surface area contributed by atoms with Crippen LogP contribution in [0.2, 0.25) is 0 Å². The van der Waals surface area contributed by atoms with E-state index in [1.165, 1.54) is 12.8 Å². The van der Waals surface area contributed by atoms with Crippen molar-refractivity contribution >= 4 is 17.0 Å². The highest BCUT2D eigenvalue weighted by atomic mass is 19.1. The Balaban J connectivity index is 1.53. The predicted octanol–water partition coefficient (Wildman–Crippen LogP) is 7.53. The Hall–Kier alpha value is -2.72. The lowest BCUT2D eigenvalue weighted by atomic mass is 10.1. The van der Waals surface area contributed by atoms with Gasteiger partial charge in [0.1, 0.15) is 11.6 Å². The van der Waals surface area contributed by atoms with Crippen molar-refractivity contribution in [2.75, 3.05) is 6.61 Å². The van der Waals surface area contributed by atoms with Gasteiger partial charge in [-0.3, -0.25) is 0 Å². The third-order valence-electron chi connectivity index (χ3n) is 5.38. The molecule has 164 valence electrons. The molecule has 31 heavy (non-hydrogen) atoms. The smallest absolute Gasteiger partial charge is 0.133 e. The molecule has 4 heteroatoms. The second-order valence-corrected chi connectivity index (χ2v) is 8.03. The summed E-state index contributed by atoms with van der Waals surface area (Å²) < 4.78 is 20.5. The zero-order chi connectivity index (χ0) is 22.1. The van der Waals surface area contributed by atoms with Crippen LogP contribution in [-0.4, -0.2) is 22.8 Å². The highest BCUT2D eigenvalue weighted by Crippen LogP contribution is 2.26. The number of unbranched alkanes of at least 4 members (excludes halogenated alkanes) is 3. The van der Waals surface area contributed by atoms with Crippen molar-refractivity contribution in [2.24, 2.45) is 0 Å². The fourth-order valence-corrected chi connectivity index (χ4v) is 3.57. The average Bonchev–Trinajstić information content (AvgIpc) is 2.76. The van der Waals surface area contributed by atoms with Gasteiger partial charge >= 0.3 is 0 Å². The number of pyridine rings is 1. The van der Waals surface area contributed by atoms with E-state index in [9.17, 15) is 9.50 Å². The lowest BCUT2D eigenvalue weighted by Gasteiger charge is -2.12. The number of hydrogen-bond acceptors (Lipinski definition) is 3. The molecular formula is C27H32FNO2. The van der Waals surface area contributed by atoms with Crippen molar-refractivity contribution in [1.29, 1.82) is 0 Å². The monoisotopic (exact) mass is 421 g/mol. The van der Waals surface area contributed by atoms with Crippen LogP contribution in [0.1, 0.15) is 57.9 Å². The Labute approximate surface area is 184 Å². The van der Waals surface area contributed by atoms with Crippen LogP contribution < -0.4 is 0 Å². The average molecular weight is 422 g/mol. The number of benzene rings is 2. The molecule has 0 saturated heterocycles. The summed E-state index contributed by atoms with van der Waals surface area (Å²) in [4.78, 5) is 4.53. The molecule has 0 saturated carbocycles. The van der Waals surface area contributed by atoms with Crippen molar-refractivity contribution < 1.29 is 14.2 Å². The summed E-state index contributed by atoms with van der Waals surface area (Å²) in [5.41, 5.74) is 2.62. The van der Waals surface area contributed by atoms with Crippen LogP contribution in [0.4, 0.5) is 4.39 Å². The van der Waals surface area contributed by atoms with Crippen molar-refractivity contribution in [1.82, 2.24) is 4.98 Å². The molecule has 1 atom stereocenters. The van der Waals surface area contributed by atoms with Crippen molar-refractivity contribution in [3.05, 3.63) is 66.0 Å². The van der Waals surface area contributed by atoms with Crippen LogP contribution >= 0.6 is 0 Å². The third kappa shape index (κ3) is 6.90. The Bertz CT molecular complexity index is 1020. The van der Waals surface area contributed by atoms with E-state index in [0.29, 0.717) is 17.4 Å². The summed E-state index contributed by atoms with van der Waals surface area (Å²) in [7, 11) is 0. The summed E-state index contributed by atoms with van der Waals surface area (Å²) in [5, 5.41) is 10.4. The number of fused-ring (bicyclic) bond motifs is 1. The van der Waals surface area contributed by atoms with Crippen LogP contribution in [-0.2, 0) is 4.74 Å². The molecule has 0 aliphatic carbocycles. The molecule has 0 amide bonds. The minimum atomic E-state index is -0.290. The molecule has 3 rings (SSSR count). The minimum Gasteiger partial charge on any atom is -0.508 e. The molecule has 3 nitrogen and oxygen atoms in total. The van der Waals surface area contributed by atoms with Crippen LogP contribution in [0.3, 0.4) is 0 Å². The normalized spacial score (nSPS) is 12.6. The van der Waals surface area contributed by atoms with Gasteiger partial charge in [0, 0.05) is 17.6 Å². The maximum Gasteiger partial charge on any atom is 0.133 e. The van der Waals surface area contributed by atoms with Gasteiger partial charge in [-0.15, -0.1) is 0 Å². The van der Waals surface area contributed by atoms with Crippen molar-refractivity contribution in [3.8, 4) is 17.0 Å². The highest BCUT2D eigenvalue weighted by Gasteiger charge is 2.08. The molecule has 1 unspecified atom stereocenters. The minimum absolute atomic E-state index is 0.193. The molecule has 0 radical (unpaired) electrons. The summed E-state index contributed by atoms with van der Waals surface area (Å²) in [6.45, 7) is 5.18. The third-order valence-corrected chi connectivity index (χ3v) is 5.38. The van der Waals surface area contributed by atoms with Gasteiger partial charge in [-0.2, -0.15) is 0 Å². The number of rotatable bonds is 11. The van der Waals surface area contributed by atoms with Gasteiger partial charge in [0.05, 0.1) is 17.3 Å². The first-order valence-corrected chi connectivity index (χ1v) is 11.2. The van der Waals surface area contributed by atoms with Crippen LogP contribution in [0, 0.1) is 5.82 Å². The van der Waals surface area contributed by atoms with E-state index in [1.807, 2.05) is 18.2 Å². The molecule has 0 fully saturated rings. The molecule has 2 aromatic carbocycles. The summed E-state index contributed by atoms with van der Waals surface area (Å²) in [6, 6.07) is 13.8. The van der Waals surface area contributed by atoms with Gasteiger partial charge in [-0.1, -0.05) is 44.1 Å². The molecule has 1 N–H and O–H groups in total. The molecular weight excluding hydrogens is 389 g/mol. The molecule has 1 aromatic heterocycles. The first kappa shape index (κ1) is 23.0. The number of nitrogens with zero attached hydrogens (tertiary/aromatic N) is 1. The molecule has 1 heterocycles. The molecule has 0 aliphatic rings. The number of allylic oxidation sites excluding steroid dienone is 1. The van der Waals surface area contributed by atoms with E-state index in [2.05, 4.69) is 24.9 Å². The largest absolute Gasteiger partial charge is 0.508 e. The summed E-state index contributed by atoms with van der Waals surface area (Å²) in [5.74, 6) is -0.0970. The fraction of sp³-hybridized carbons (Fsp3) is 0.370. The maximum absolute atomic E-state index is 14.7. The number of aromatic hydroxyl groups is 1. The molecule has 0 aliphatic heterocycles. The van der Waals surface area contributed by atoms with Gasteiger partial charge in [0.15, 0.2) is 0 Å². The van der Waals surface area contributed by atoms with Crippen molar-refractivity contribution in [3.63, 3.8) is 0 Å². The highest BCUT2D eigenvalue weighted by molar-refractivity contribution is 5.83. The summed E-state index contributed by atoms with van der Waals surface area (Å²) in [6.07, 6.45) is 11.0. The van der Waals surface area contributed by atoms with E-state index in [1.54, 1.807) is 36.4 Å². The van der Waals surface area contributed by atoms with Crippen LogP contribution in [0.15, 0.2) is 54.6 Å². The zero-order valence-electron chi connectivity index (χ0n) is 18.5. The standard InChI is InChI=1S/C27H32FNO2/c1-3-4-8-17-31-20(2)9-6-5-7-10-21-11-14-24(25(28)18-21)27-15-12-22-19-23(30)13-16-26(22)29-27/h7,10-16,18-20,30H,3-6,8-9,17H2,1-2H3/b10-7+. The predicted molar refractivity (Wildman–Crippen MR) is 127 cm³/mol. The number of ether oxygens (including phenoxy) is 1. The van der Waals surface area contributed by atoms with E-state index < -0.39 is 0 Å². The van der Waals surface area contributed by atoms with Gasteiger partial charge in [-0.25, -0.2) is 9.37 Å². The van der Waals surface area contributed by atoms with E-state index >= 15 is 0 Å². The topological polar surface area (TPSA) is 42.4 Å². The van der Waals surface area contributed by atoms with Gasteiger partial charge in [-0.05, 0) is 74.6 Å². The number of phenols is 1. The van der Waals surface area contributed by atoms with Gasteiger partial charge < -0.3 is 9.84 Å². The number of hydrogen-bond donors (Lipinski definition) is 1. The second kappa shape index (κ2) is 11.6. The zero-order valence-corrected chi connectivity index (χ0v) is 18.5. The number of aromatic nitrogens is 1. The Morgan fingerprint density at radius 1 is 1.06 bits per heavy atom. The van der Waals surface area contributed by atoms with Crippen LogP contribution in [0.5, 0.6) is 5.75 Å². The lowest BCUT2D eigenvalue weighted by molar-refractivity contribution is 0.0566.